The van der Waals surface area contributed by atoms with E-state index in [2.05, 4.69) is 15.2 Å². The number of rotatable bonds is 3. The average molecular weight is 237 g/mol. The Hall–Kier alpha value is -2.62. The molecule has 0 atom stereocenters. The number of hydrogen-bond donors (Lipinski definition) is 1. The molecule has 0 amide bonds. The summed E-state index contributed by atoms with van der Waals surface area (Å²) in [7, 11) is 0. The van der Waals surface area contributed by atoms with Crippen LogP contribution in [0, 0.1) is 0 Å². The second-order valence-electron chi connectivity index (χ2n) is 3.76. The highest BCUT2D eigenvalue weighted by Gasteiger charge is 2.02. The monoisotopic (exact) mass is 237 g/mol. The number of furan rings is 1. The molecule has 0 radical (unpaired) electrons. The summed E-state index contributed by atoms with van der Waals surface area (Å²) >= 11 is 0. The molecular formula is C14H11N3O. The van der Waals surface area contributed by atoms with Gasteiger partial charge in [-0.05, 0) is 24.3 Å². The van der Waals surface area contributed by atoms with Gasteiger partial charge in [-0.15, -0.1) is 0 Å². The van der Waals surface area contributed by atoms with Gasteiger partial charge in [0.25, 0.3) is 0 Å². The maximum atomic E-state index is 5.20. The predicted molar refractivity (Wildman–Crippen MR) is 69.5 cm³/mol. The van der Waals surface area contributed by atoms with Gasteiger partial charge in [0.05, 0.1) is 6.26 Å². The number of benzene rings is 1. The topological polar surface area (TPSA) is 54.7 Å². The zero-order chi connectivity index (χ0) is 12.2. The SMILES string of the molecule is C(=C\c1ccco1)/c1nc(-c2ccccc2)n[nH]1. The molecule has 0 spiro atoms. The highest BCUT2D eigenvalue weighted by Crippen LogP contribution is 2.14. The largest absolute Gasteiger partial charge is 0.465 e. The van der Waals surface area contributed by atoms with Crippen LogP contribution in [0.5, 0.6) is 0 Å². The summed E-state index contributed by atoms with van der Waals surface area (Å²) < 4.78 is 5.20. The zero-order valence-electron chi connectivity index (χ0n) is 9.58. The van der Waals surface area contributed by atoms with Crippen molar-refractivity contribution >= 4 is 12.2 Å². The van der Waals surface area contributed by atoms with E-state index >= 15 is 0 Å². The van der Waals surface area contributed by atoms with Gasteiger partial charge in [0, 0.05) is 5.56 Å². The summed E-state index contributed by atoms with van der Waals surface area (Å²) in [5.41, 5.74) is 0.992. The molecule has 88 valence electrons. The molecule has 0 aliphatic heterocycles. The van der Waals surface area contributed by atoms with Crippen molar-refractivity contribution < 1.29 is 4.42 Å². The van der Waals surface area contributed by atoms with Crippen LogP contribution in [0.3, 0.4) is 0 Å². The smallest absolute Gasteiger partial charge is 0.181 e. The molecule has 0 aliphatic rings. The minimum absolute atomic E-state index is 0.690. The van der Waals surface area contributed by atoms with Crippen molar-refractivity contribution in [3.63, 3.8) is 0 Å². The Morgan fingerprint density at radius 3 is 2.67 bits per heavy atom. The van der Waals surface area contributed by atoms with Gasteiger partial charge in [0.15, 0.2) is 5.82 Å². The summed E-state index contributed by atoms with van der Waals surface area (Å²) in [4.78, 5) is 4.38. The predicted octanol–water partition coefficient (Wildman–Crippen LogP) is 3.24. The number of nitrogens with one attached hydrogen (secondary N) is 1. The second-order valence-corrected chi connectivity index (χ2v) is 3.76. The minimum Gasteiger partial charge on any atom is -0.465 e. The Morgan fingerprint density at radius 2 is 1.89 bits per heavy atom. The van der Waals surface area contributed by atoms with E-state index in [4.69, 9.17) is 4.42 Å². The second kappa shape index (κ2) is 4.71. The normalized spacial score (nSPS) is 11.1. The summed E-state index contributed by atoms with van der Waals surface area (Å²) in [6.45, 7) is 0. The molecule has 0 unspecified atom stereocenters. The first-order valence-electron chi connectivity index (χ1n) is 5.61. The van der Waals surface area contributed by atoms with Gasteiger partial charge in [-0.3, -0.25) is 5.10 Å². The molecular weight excluding hydrogens is 226 g/mol. The zero-order valence-corrected chi connectivity index (χ0v) is 9.58. The van der Waals surface area contributed by atoms with Gasteiger partial charge in [-0.25, -0.2) is 4.98 Å². The van der Waals surface area contributed by atoms with E-state index in [9.17, 15) is 0 Å². The van der Waals surface area contributed by atoms with E-state index in [0.717, 1.165) is 11.3 Å². The number of aromatic nitrogens is 3. The highest BCUT2D eigenvalue weighted by atomic mass is 16.3. The van der Waals surface area contributed by atoms with Crippen LogP contribution in [0.15, 0.2) is 53.1 Å². The fourth-order valence-electron chi connectivity index (χ4n) is 1.61. The van der Waals surface area contributed by atoms with Crippen LogP contribution >= 0.6 is 0 Å². The first-order chi connectivity index (χ1) is 8.92. The van der Waals surface area contributed by atoms with E-state index < -0.39 is 0 Å². The van der Waals surface area contributed by atoms with Crippen molar-refractivity contribution in [2.24, 2.45) is 0 Å². The number of hydrogen-bond acceptors (Lipinski definition) is 3. The van der Waals surface area contributed by atoms with E-state index in [1.54, 1.807) is 6.26 Å². The number of aromatic amines is 1. The number of H-pyrrole nitrogens is 1. The van der Waals surface area contributed by atoms with Crippen LogP contribution in [0.1, 0.15) is 11.6 Å². The molecule has 3 aromatic rings. The first kappa shape index (κ1) is 10.5. The van der Waals surface area contributed by atoms with Gasteiger partial charge in [-0.1, -0.05) is 30.3 Å². The fourth-order valence-corrected chi connectivity index (χ4v) is 1.61. The quantitative estimate of drug-likeness (QED) is 0.760. The standard InChI is InChI=1S/C14H11N3O/c1-2-5-11(6-3-1)14-15-13(16-17-14)9-8-12-7-4-10-18-12/h1-10H,(H,15,16,17)/b9-8+. The van der Waals surface area contributed by atoms with Crippen LogP contribution < -0.4 is 0 Å². The van der Waals surface area contributed by atoms with Crippen molar-refractivity contribution in [3.8, 4) is 11.4 Å². The molecule has 2 heterocycles. The lowest BCUT2D eigenvalue weighted by molar-refractivity contribution is 0.557. The molecule has 0 aliphatic carbocycles. The molecule has 0 saturated heterocycles. The van der Waals surface area contributed by atoms with E-state index in [-0.39, 0.29) is 0 Å². The van der Waals surface area contributed by atoms with Crippen molar-refractivity contribution in [1.29, 1.82) is 0 Å². The number of nitrogens with zero attached hydrogens (tertiary/aromatic N) is 2. The van der Waals surface area contributed by atoms with Crippen LogP contribution in [-0.4, -0.2) is 15.2 Å². The van der Waals surface area contributed by atoms with Crippen LogP contribution in [0.4, 0.5) is 0 Å². The molecule has 18 heavy (non-hydrogen) atoms. The van der Waals surface area contributed by atoms with Crippen LogP contribution in [0.25, 0.3) is 23.5 Å². The molecule has 4 heteroatoms. The summed E-state index contributed by atoms with van der Waals surface area (Å²) in [6, 6.07) is 13.6. The molecule has 0 fully saturated rings. The summed E-state index contributed by atoms with van der Waals surface area (Å²) in [5.74, 6) is 2.17. The van der Waals surface area contributed by atoms with Crippen molar-refractivity contribution in [1.82, 2.24) is 15.2 Å². The van der Waals surface area contributed by atoms with Crippen LogP contribution in [0.2, 0.25) is 0 Å². The third kappa shape index (κ3) is 2.22. The molecule has 2 aromatic heterocycles. The molecule has 1 aromatic carbocycles. The average Bonchev–Trinajstić information content (AvgIpc) is 3.09. The van der Waals surface area contributed by atoms with Crippen molar-refractivity contribution in [3.05, 3.63) is 60.3 Å². The third-order valence-electron chi connectivity index (χ3n) is 2.48. The lowest BCUT2D eigenvalue weighted by Crippen LogP contribution is -1.78. The Labute approximate surface area is 104 Å². The summed E-state index contributed by atoms with van der Waals surface area (Å²) in [6.07, 6.45) is 5.31. The maximum Gasteiger partial charge on any atom is 0.181 e. The molecule has 4 nitrogen and oxygen atoms in total. The Balaban J connectivity index is 1.82. The van der Waals surface area contributed by atoms with E-state index in [1.165, 1.54) is 0 Å². The van der Waals surface area contributed by atoms with Gasteiger partial charge in [-0.2, -0.15) is 5.10 Å². The Morgan fingerprint density at radius 1 is 1.00 bits per heavy atom. The summed E-state index contributed by atoms with van der Waals surface area (Å²) in [5, 5.41) is 7.05. The van der Waals surface area contributed by atoms with Crippen molar-refractivity contribution in [2.45, 2.75) is 0 Å². The highest BCUT2D eigenvalue weighted by molar-refractivity contribution is 5.65. The minimum atomic E-state index is 0.690. The first-order valence-corrected chi connectivity index (χ1v) is 5.61. The van der Waals surface area contributed by atoms with Gasteiger partial charge >= 0.3 is 0 Å². The van der Waals surface area contributed by atoms with Crippen molar-refractivity contribution in [2.75, 3.05) is 0 Å². The van der Waals surface area contributed by atoms with Gasteiger partial charge in [0.2, 0.25) is 0 Å². The molecule has 3 rings (SSSR count). The molecule has 1 N–H and O–H groups in total. The van der Waals surface area contributed by atoms with Gasteiger partial charge < -0.3 is 4.42 Å². The molecule has 0 saturated carbocycles. The fraction of sp³-hybridized carbons (Fsp3) is 0. The Bertz CT molecular complexity index is 639. The Kier molecular flexibility index (Phi) is 2.75. The van der Waals surface area contributed by atoms with E-state index in [1.807, 2.05) is 54.6 Å². The third-order valence-corrected chi connectivity index (χ3v) is 2.48. The van der Waals surface area contributed by atoms with E-state index in [0.29, 0.717) is 11.6 Å². The van der Waals surface area contributed by atoms with Gasteiger partial charge in [0.1, 0.15) is 11.6 Å². The van der Waals surface area contributed by atoms with Crippen LogP contribution in [-0.2, 0) is 0 Å². The molecule has 0 bridgehead atoms. The lowest BCUT2D eigenvalue weighted by atomic mass is 10.2. The lowest BCUT2D eigenvalue weighted by Gasteiger charge is -1.91. The maximum absolute atomic E-state index is 5.20.